The van der Waals surface area contributed by atoms with Gasteiger partial charge in [0.1, 0.15) is 5.82 Å². The van der Waals surface area contributed by atoms with E-state index in [0.717, 1.165) is 17.6 Å². The van der Waals surface area contributed by atoms with E-state index < -0.39 is 5.82 Å². The van der Waals surface area contributed by atoms with Crippen LogP contribution in [0, 0.1) is 5.82 Å². The van der Waals surface area contributed by atoms with E-state index >= 15 is 0 Å². The summed E-state index contributed by atoms with van der Waals surface area (Å²) in [5, 5.41) is 9.04. The molecule has 0 aliphatic rings. The lowest BCUT2D eigenvalue weighted by Gasteiger charge is -2.01. The highest BCUT2D eigenvalue weighted by Gasteiger charge is 1.99. The van der Waals surface area contributed by atoms with Gasteiger partial charge >= 0.3 is 0 Å². The number of aliphatic hydroxyl groups excluding tert-OH is 1. The van der Waals surface area contributed by atoms with Gasteiger partial charge in [0, 0.05) is 0 Å². The van der Waals surface area contributed by atoms with Gasteiger partial charge in [-0.05, 0) is 29.7 Å². The third kappa shape index (κ3) is 2.82. The Kier molecular flexibility index (Phi) is 4.11. The summed E-state index contributed by atoms with van der Waals surface area (Å²) in [6.07, 6.45) is 2.51. The van der Waals surface area contributed by atoms with Crippen molar-refractivity contribution in [1.29, 1.82) is 0 Å². The van der Waals surface area contributed by atoms with E-state index in [4.69, 9.17) is 16.7 Å². The lowest BCUT2D eigenvalue weighted by molar-refractivity contribution is 0.329. The van der Waals surface area contributed by atoms with Crippen molar-refractivity contribution in [3.05, 3.63) is 40.2 Å². The first-order valence-electron chi connectivity index (χ1n) is 4.42. The molecule has 0 aliphatic carbocycles. The Morgan fingerprint density at radius 3 is 2.79 bits per heavy atom. The van der Waals surface area contributed by atoms with Gasteiger partial charge in [0.2, 0.25) is 0 Å². The van der Waals surface area contributed by atoms with Gasteiger partial charge < -0.3 is 5.11 Å². The van der Waals surface area contributed by atoms with Gasteiger partial charge in [-0.1, -0.05) is 30.7 Å². The van der Waals surface area contributed by atoms with E-state index in [-0.39, 0.29) is 11.6 Å². The molecule has 0 amide bonds. The first kappa shape index (κ1) is 11.2. The number of hydrogen-bond acceptors (Lipinski definition) is 1. The lowest BCUT2D eigenvalue weighted by Crippen LogP contribution is -1.88. The Morgan fingerprint density at radius 2 is 2.29 bits per heavy atom. The van der Waals surface area contributed by atoms with E-state index in [1.807, 2.05) is 6.92 Å². The summed E-state index contributed by atoms with van der Waals surface area (Å²) in [6.45, 7) is 1.94. The normalized spacial score (nSPS) is 11.9. The van der Waals surface area contributed by atoms with Crippen LogP contribution in [0.25, 0.3) is 6.08 Å². The Balaban J connectivity index is 2.97. The van der Waals surface area contributed by atoms with Crippen LogP contribution in [0.1, 0.15) is 18.9 Å². The minimum absolute atomic E-state index is 0.000740. The summed E-state index contributed by atoms with van der Waals surface area (Å²) in [4.78, 5) is 0. The standard InChI is InChI=1S/C11H12ClFO/c1-2-8(7-14)5-9-3-4-10(12)11(13)6-9/h3-6,14H,2,7H2,1H3. The van der Waals surface area contributed by atoms with Crippen LogP contribution < -0.4 is 0 Å². The molecule has 0 aromatic heterocycles. The van der Waals surface area contributed by atoms with Crippen molar-refractivity contribution in [2.75, 3.05) is 6.61 Å². The maximum atomic E-state index is 13.0. The predicted molar refractivity (Wildman–Crippen MR) is 56.8 cm³/mol. The Labute approximate surface area is 87.8 Å². The fourth-order valence-corrected chi connectivity index (χ4v) is 1.21. The van der Waals surface area contributed by atoms with Crippen molar-refractivity contribution in [2.24, 2.45) is 0 Å². The smallest absolute Gasteiger partial charge is 0.142 e. The monoisotopic (exact) mass is 214 g/mol. The molecule has 1 aromatic carbocycles. The van der Waals surface area contributed by atoms with Gasteiger partial charge in [0.05, 0.1) is 11.6 Å². The molecule has 3 heteroatoms. The summed E-state index contributed by atoms with van der Waals surface area (Å²) in [7, 11) is 0. The van der Waals surface area contributed by atoms with Crippen molar-refractivity contribution in [1.82, 2.24) is 0 Å². The van der Waals surface area contributed by atoms with Crippen LogP contribution in [0.5, 0.6) is 0 Å². The SMILES string of the molecule is CCC(=Cc1ccc(Cl)c(F)c1)CO. The molecule has 0 saturated heterocycles. The molecule has 0 fully saturated rings. The van der Waals surface area contributed by atoms with E-state index in [2.05, 4.69) is 0 Å². The second-order valence-electron chi connectivity index (χ2n) is 2.99. The van der Waals surface area contributed by atoms with Crippen molar-refractivity contribution >= 4 is 17.7 Å². The lowest BCUT2D eigenvalue weighted by atomic mass is 10.1. The molecular weight excluding hydrogens is 203 g/mol. The quantitative estimate of drug-likeness (QED) is 0.819. The van der Waals surface area contributed by atoms with Gasteiger partial charge in [-0.25, -0.2) is 4.39 Å². The molecule has 1 aromatic rings. The summed E-state index contributed by atoms with van der Waals surface area (Å²) in [5.41, 5.74) is 1.59. The molecule has 1 nitrogen and oxygen atoms in total. The molecule has 0 heterocycles. The second-order valence-corrected chi connectivity index (χ2v) is 3.39. The molecule has 0 radical (unpaired) electrons. The summed E-state index contributed by atoms with van der Waals surface area (Å²) < 4.78 is 13.0. The zero-order valence-electron chi connectivity index (χ0n) is 7.93. The largest absolute Gasteiger partial charge is 0.392 e. The highest BCUT2D eigenvalue weighted by Crippen LogP contribution is 2.17. The summed E-state index contributed by atoms with van der Waals surface area (Å²) in [6, 6.07) is 4.58. The molecule has 1 N–H and O–H groups in total. The molecule has 0 atom stereocenters. The second kappa shape index (κ2) is 5.13. The van der Waals surface area contributed by atoms with E-state index in [0.29, 0.717) is 0 Å². The average Bonchev–Trinajstić information content (AvgIpc) is 2.19. The van der Waals surface area contributed by atoms with Crippen LogP contribution in [0.2, 0.25) is 5.02 Å². The van der Waals surface area contributed by atoms with Gasteiger partial charge in [-0.2, -0.15) is 0 Å². The van der Waals surface area contributed by atoms with E-state index in [1.54, 1.807) is 12.1 Å². The van der Waals surface area contributed by atoms with Crippen LogP contribution in [0.4, 0.5) is 4.39 Å². The van der Waals surface area contributed by atoms with Crippen molar-refractivity contribution in [3.8, 4) is 0 Å². The van der Waals surface area contributed by atoms with Gasteiger partial charge in [-0.3, -0.25) is 0 Å². The number of rotatable bonds is 3. The molecule has 76 valence electrons. The number of aliphatic hydroxyl groups is 1. The molecule has 1 rings (SSSR count). The van der Waals surface area contributed by atoms with Crippen molar-refractivity contribution in [2.45, 2.75) is 13.3 Å². The maximum Gasteiger partial charge on any atom is 0.142 e. The van der Waals surface area contributed by atoms with Crippen molar-refractivity contribution in [3.63, 3.8) is 0 Å². The molecule has 0 spiro atoms. The van der Waals surface area contributed by atoms with Crippen LogP contribution in [0.15, 0.2) is 23.8 Å². The number of hydrogen-bond donors (Lipinski definition) is 1. The third-order valence-electron chi connectivity index (χ3n) is 1.97. The average molecular weight is 215 g/mol. The van der Waals surface area contributed by atoms with Crippen LogP contribution in [-0.2, 0) is 0 Å². The van der Waals surface area contributed by atoms with Crippen LogP contribution in [0.3, 0.4) is 0 Å². The summed E-state index contributed by atoms with van der Waals surface area (Å²) >= 11 is 5.54. The number of benzene rings is 1. The summed E-state index contributed by atoms with van der Waals surface area (Å²) in [5.74, 6) is -0.436. The van der Waals surface area contributed by atoms with Crippen molar-refractivity contribution < 1.29 is 9.50 Å². The first-order valence-corrected chi connectivity index (χ1v) is 4.80. The third-order valence-corrected chi connectivity index (χ3v) is 2.28. The van der Waals surface area contributed by atoms with Gasteiger partial charge in [-0.15, -0.1) is 0 Å². The maximum absolute atomic E-state index is 13.0. The molecule has 0 unspecified atom stereocenters. The molecular formula is C11H12ClFO. The van der Waals surface area contributed by atoms with E-state index in [9.17, 15) is 4.39 Å². The van der Waals surface area contributed by atoms with Gasteiger partial charge in [0.25, 0.3) is 0 Å². The minimum atomic E-state index is -0.436. The molecule has 0 bridgehead atoms. The highest BCUT2D eigenvalue weighted by atomic mass is 35.5. The Morgan fingerprint density at radius 1 is 1.57 bits per heavy atom. The number of halogens is 2. The Hall–Kier alpha value is -0.860. The predicted octanol–water partition coefficient (Wildman–Crippen LogP) is 3.26. The van der Waals surface area contributed by atoms with E-state index in [1.165, 1.54) is 12.1 Å². The molecule has 0 aliphatic heterocycles. The van der Waals surface area contributed by atoms with Crippen LogP contribution in [-0.4, -0.2) is 11.7 Å². The van der Waals surface area contributed by atoms with Gasteiger partial charge in [0.15, 0.2) is 0 Å². The van der Waals surface area contributed by atoms with Crippen LogP contribution >= 0.6 is 11.6 Å². The molecule has 14 heavy (non-hydrogen) atoms. The fraction of sp³-hybridized carbons (Fsp3) is 0.273. The highest BCUT2D eigenvalue weighted by molar-refractivity contribution is 6.30. The zero-order chi connectivity index (χ0) is 10.6. The first-order chi connectivity index (χ1) is 6.67. The zero-order valence-corrected chi connectivity index (χ0v) is 8.68. The minimum Gasteiger partial charge on any atom is -0.392 e. The topological polar surface area (TPSA) is 20.2 Å². The fourth-order valence-electron chi connectivity index (χ4n) is 1.10. The molecule has 0 saturated carbocycles. The Bertz CT molecular complexity index is 341.